The van der Waals surface area contributed by atoms with Crippen LogP contribution < -0.4 is 5.32 Å². The molecule has 0 saturated carbocycles. The van der Waals surface area contributed by atoms with Gasteiger partial charge in [-0.2, -0.15) is 5.26 Å². The van der Waals surface area contributed by atoms with Crippen LogP contribution in [-0.2, 0) is 9.47 Å². The van der Waals surface area contributed by atoms with Gasteiger partial charge in [0.25, 0.3) is 0 Å². The number of anilines is 1. The number of aliphatic hydroxyl groups is 1. The number of benzene rings is 2. The number of ether oxygens (including phenoxy) is 2. The molecule has 0 unspecified atom stereocenters. The number of methoxy groups -OCH3 is 1. The predicted molar refractivity (Wildman–Crippen MR) is 107 cm³/mol. The first-order valence-corrected chi connectivity index (χ1v) is 9.16. The molecule has 27 heavy (non-hydrogen) atoms. The lowest BCUT2D eigenvalue weighted by molar-refractivity contribution is -0.0314. The molecule has 0 spiro atoms. The zero-order chi connectivity index (χ0) is 19.8. The van der Waals surface area contributed by atoms with Crippen LogP contribution in [0.25, 0.3) is 0 Å². The van der Waals surface area contributed by atoms with Gasteiger partial charge in [-0.25, -0.2) is 4.79 Å². The van der Waals surface area contributed by atoms with Crippen molar-refractivity contribution in [1.29, 1.82) is 5.26 Å². The fourth-order valence-corrected chi connectivity index (χ4v) is 3.02. The number of aromatic hydroxyl groups is 1. The number of aliphatic hydroxyl groups excluding tert-OH is 1. The highest BCUT2D eigenvalue weighted by atomic mass is 127. The smallest absolute Gasteiger partial charge is 0.412 e. The van der Waals surface area contributed by atoms with Gasteiger partial charge in [-0.3, -0.25) is 5.32 Å². The maximum atomic E-state index is 12.4. The highest BCUT2D eigenvalue weighted by Crippen LogP contribution is 2.33. The van der Waals surface area contributed by atoms with Crippen molar-refractivity contribution in [3.63, 3.8) is 0 Å². The Morgan fingerprint density at radius 2 is 2.00 bits per heavy atom. The third-order valence-corrected chi connectivity index (χ3v) is 4.52. The van der Waals surface area contributed by atoms with Crippen LogP contribution in [0.1, 0.15) is 23.7 Å². The molecule has 1 amide bonds. The molecule has 0 radical (unpaired) electrons. The highest BCUT2D eigenvalue weighted by Gasteiger charge is 2.29. The Labute approximate surface area is 170 Å². The van der Waals surface area contributed by atoms with Crippen LogP contribution in [-0.4, -0.2) is 36.1 Å². The Morgan fingerprint density at radius 1 is 1.30 bits per heavy atom. The standard InChI is InChI=1S/C19H19IN2O5/c1-26-17(8-9-23)18(15-10-13(20)4-7-16(15)24)27-19(25)22-14-5-2-12(11-21)3-6-14/h2-7,10,17-18,23-24H,8-9H2,1H3,(H,22,25)/t17-,18-/m1/s1. The topological polar surface area (TPSA) is 112 Å². The van der Waals surface area contributed by atoms with Crippen molar-refractivity contribution in [3.8, 4) is 11.8 Å². The van der Waals surface area contributed by atoms with Gasteiger partial charge in [0.1, 0.15) is 11.9 Å². The third-order valence-electron chi connectivity index (χ3n) is 3.84. The van der Waals surface area contributed by atoms with Gasteiger partial charge in [0.05, 0.1) is 11.6 Å². The minimum atomic E-state index is -0.921. The number of halogens is 1. The van der Waals surface area contributed by atoms with Crippen molar-refractivity contribution in [2.24, 2.45) is 0 Å². The third kappa shape index (κ3) is 5.82. The molecule has 0 fully saturated rings. The van der Waals surface area contributed by atoms with Gasteiger partial charge >= 0.3 is 6.09 Å². The second kappa shape index (κ2) is 10.1. The van der Waals surface area contributed by atoms with E-state index in [0.717, 1.165) is 3.57 Å². The second-order valence-electron chi connectivity index (χ2n) is 5.63. The molecular weight excluding hydrogens is 463 g/mol. The SMILES string of the molecule is CO[C@H](CCO)[C@H](OC(=O)Nc1ccc(C#N)cc1)c1cc(I)ccc1O. The molecule has 0 saturated heterocycles. The molecule has 2 aromatic carbocycles. The number of nitrogens with zero attached hydrogens (tertiary/aromatic N) is 1. The van der Waals surface area contributed by atoms with E-state index >= 15 is 0 Å². The summed E-state index contributed by atoms with van der Waals surface area (Å²) in [5, 5.41) is 30.9. The number of rotatable bonds is 7. The lowest BCUT2D eigenvalue weighted by Gasteiger charge is -2.26. The molecule has 0 aliphatic carbocycles. The van der Waals surface area contributed by atoms with Crippen LogP contribution >= 0.6 is 22.6 Å². The zero-order valence-corrected chi connectivity index (χ0v) is 16.7. The molecule has 142 valence electrons. The van der Waals surface area contributed by atoms with Gasteiger partial charge in [0, 0.05) is 35.0 Å². The molecule has 0 aromatic heterocycles. The average Bonchev–Trinajstić information content (AvgIpc) is 2.67. The van der Waals surface area contributed by atoms with E-state index in [1.165, 1.54) is 13.2 Å². The van der Waals surface area contributed by atoms with Crippen molar-refractivity contribution >= 4 is 34.4 Å². The predicted octanol–water partition coefficient (Wildman–Crippen LogP) is 3.56. The second-order valence-corrected chi connectivity index (χ2v) is 6.88. The number of phenols is 1. The Balaban J connectivity index is 2.23. The number of carbonyl (C=O) groups is 1. The molecular formula is C19H19IN2O5. The molecule has 2 rings (SSSR count). The molecule has 8 heteroatoms. The molecule has 7 nitrogen and oxygen atoms in total. The van der Waals surface area contributed by atoms with Crippen LogP contribution in [0.3, 0.4) is 0 Å². The summed E-state index contributed by atoms with van der Waals surface area (Å²) in [6.07, 6.45) is -2.10. The van der Waals surface area contributed by atoms with E-state index in [0.29, 0.717) is 16.8 Å². The van der Waals surface area contributed by atoms with Gasteiger partial charge in [-0.1, -0.05) is 0 Å². The summed E-state index contributed by atoms with van der Waals surface area (Å²) in [5.41, 5.74) is 1.32. The molecule has 2 aromatic rings. The Hall–Kier alpha value is -2.35. The molecule has 3 N–H and O–H groups in total. The summed E-state index contributed by atoms with van der Waals surface area (Å²) in [6, 6.07) is 13.2. The summed E-state index contributed by atoms with van der Waals surface area (Å²) in [7, 11) is 1.44. The highest BCUT2D eigenvalue weighted by molar-refractivity contribution is 14.1. The van der Waals surface area contributed by atoms with E-state index in [1.54, 1.807) is 36.4 Å². The van der Waals surface area contributed by atoms with Crippen molar-refractivity contribution in [1.82, 2.24) is 0 Å². The number of carbonyl (C=O) groups excluding carboxylic acids is 1. The summed E-state index contributed by atoms with van der Waals surface area (Å²) in [5.74, 6) is -0.0356. The van der Waals surface area contributed by atoms with Crippen molar-refractivity contribution in [3.05, 3.63) is 57.2 Å². The number of phenolic OH excluding ortho intramolecular Hbond substituents is 1. The lowest BCUT2D eigenvalue weighted by Crippen LogP contribution is -2.29. The Kier molecular flexibility index (Phi) is 7.84. The van der Waals surface area contributed by atoms with Crippen molar-refractivity contribution in [2.45, 2.75) is 18.6 Å². The van der Waals surface area contributed by atoms with E-state index in [2.05, 4.69) is 27.9 Å². The molecule has 0 heterocycles. The Bertz CT molecular complexity index is 820. The quantitative estimate of drug-likeness (QED) is 0.521. The summed E-state index contributed by atoms with van der Waals surface area (Å²) in [4.78, 5) is 12.4. The normalized spacial score (nSPS) is 12.7. The zero-order valence-electron chi connectivity index (χ0n) is 14.6. The largest absolute Gasteiger partial charge is 0.508 e. The van der Waals surface area contributed by atoms with Gasteiger partial charge in [0.2, 0.25) is 0 Å². The van der Waals surface area contributed by atoms with E-state index in [-0.39, 0.29) is 18.8 Å². The van der Waals surface area contributed by atoms with E-state index in [4.69, 9.17) is 14.7 Å². The van der Waals surface area contributed by atoms with Gasteiger partial charge in [-0.15, -0.1) is 0 Å². The summed E-state index contributed by atoms with van der Waals surface area (Å²) < 4.78 is 11.7. The maximum absolute atomic E-state index is 12.4. The number of hydrogen-bond donors (Lipinski definition) is 3. The number of nitriles is 1. The van der Waals surface area contributed by atoms with Crippen LogP contribution in [0.2, 0.25) is 0 Å². The van der Waals surface area contributed by atoms with Gasteiger partial charge in [0.15, 0.2) is 6.10 Å². The molecule has 0 aliphatic heterocycles. The first-order chi connectivity index (χ1) is 13.0. The molecule has 0 bridgehead atoms. The van der Waals surface area contributed by atoms with Crippen LogP contribution in [0.15, 0.2) is 42.5 Å². The van der Waals surface area contributed by atoms with Crippen LogP contribution in [0, 0.1) is 14.9 Å². The average molecular weight is 482 g/mol. The number of amides is 1. The Morgan fingerprint density at radius 3 is 2.59 bits per heavy atom. The van der Waals surface area contributed by atoms with E-state index in [9.17, 15) is 15.0 Å². The molecule has 0 aliphatic rings. The van der Waals surface area contributed by atoms with Crippen LogP contribution in [0.5, 0.6) is 5.75 Å². The lowest BCUT2D eigenvalue weighted by atomic mass is 10.0. The van der Waals surface area contributed by atoms with Crippen LogP contribution in [0.4, 0.5) is 10.5 Å². The van der Waals surface area contributed by atoms with E-state index < -0.39 is 18.3 Å². The molecule has 2 atom stereocenters. The van der Waals surface area contributed by atoms with Crippen molar-refractivity contribution in [2.75, 3.05) is 19.0 Å². The first-order valence-electron chi connectivity index (χ1n) is 8.08. The maximum Gasteiger partial charge on any atom is 0.412 e. The van der Waals surface area contributed by atoms with Gasteiger partial charge < -0.3 is 19.7 Å². The fraction of sp³-hybridized carbons (Fsp3) is 0.263. The monoisotopic (exact) mass is 482 g/mol. The fourth-order valence-electron chi connectivity index (χ4n) is 2.50. The minimum absolute atomic E-state index is 0.0356. The number of hydrogen-bond acceptors (Lipinski definition) is 6. The summed E-state index contributed by atoms with van der Waals surface area (Å²) in [6.45, 7) is -0.166. The van der Waals surface area contributed by atoms with Crippen molar-refractivity contribution < 1.29 is 24.5 Å². The van der Waals surface area contributed by atoms with E-state index in [1.807, 2.05) is 6.07 Å². The summed E-state index contributed by atoms with van der Waals surface area (Å²) >= 11 is 2.09. The van der Waals surface area contributed by atoms with Gasteiger partial charge in [-0.05, 0) is 65.1 Å². The number of nitrogens with one attached hydrogen (secondary N) is 1. The minimum Gasteiger partial charge on any atom is -0.508 e. The first kappa shape index (κ1) is 21.0.